The molecule has 0 spiro atoms. The Morgan fingerprint density at radius 1 is 1.48 bits per heavy atom. The van der Waals surface area contributed by atoms with E-state index in [1.54, 1.807) is 12.5 Å². The summed E-state index contributed by atoms with van der Waals surface area (Å²) in [5.41, 5.74) is 2.57. The van der Waals surface area contributed by atoms with Gasteiger partial charge < -0.3 is 9.64 Å². The maximum Gasteiger partial charge on any atom is 0.221 e. The lowest BCUT2D eigenvalue weighted by Crippen LogP contribution is -2.50. The van der Waals surface area contributed by atoms with E-state index in [9.17, 15) is 4.79 Å². The summed E-state index contributed by atoms with van der Waals surface area (Å²) in [6.07, 6.45) is 10.3. The highest BCUT2D eigenvalue weighted by atomic mass is 16.5. The summed E-state index contributed by atoms with van der Waals surface area (Å²) in [4.78, 5) is 13.7. The third kappa shape index (κ3) is 3.76. The summed E-state index contributed by atoms with van der Waals surface area (Å²) >= 11 is 0. The predicted molar refractivity (Wildman–Crippen MR) is 85.8 cm³/mol. The van der Waals surface area contributed by atoms with Crippen LogP contribution in [0, 0.1) is 5.92 Å². The van der Waals surface area contributed by atoms with Crippen LogP contribution in [0.5, 0.6) is 0 Å². The van der Waals surface area contributed by atoms with Crippen LogP contribution in [0.15, 0.2) is 23.3 Å². The minimum absolute atomic E-state index is 0.133. The quantitative estimate of drug-likeness (QED) is 0.731. The fourth-order valence-electron chi connectivity index (χ4n) is 3.60. The lowest BCUT2D eigenvalue weighted by atomic mass is 9.81. The molecule has 1 amide bonds. The van der Waals surface area contributed by atoms with Crippen LogP contribution in [-0.2, 0) is 9.53 Å². The van der Waals surface area contributed by atoms with Gasteiger partial charge in [0, 0.05) is 19.4 Å². The van der Waals surface area contributed by atoms with Gasteiger partial charge in [-0.15, -0.1) is 0 Å². The van der Waals surface area contributed by atoms with E-state index >= 15 is 0 Å². The molecule has 0 aromatic carbocycles. The van der Waals surface area contributed by atoms with Crippen molar-refractivity contribution in [1.29, 1.82) is 0 Å². The van der Waals surface area contributed by atoms with Crippen LogP contribution < -0.4 is 0 Å². The second-order valence-corrected chi connectivity index (χ2v) is 6.73. The zero-order valence-electron chi connectivity index (χ0n) is 13.9. The molecule has 21 heavy (non-hydrogen) atoms. The maximum absolute atomic E-state index is 11.8. The fraction of sp³-hybridized carbons (Fsp3) is 0.722. The van der Waals surface area contributed by atoms with Gasteiger partial charge in [0.2, 0.25) is 5.91 Å². The van der Waals surface area contributed by atoms with E-state index in [0.717, 1.165) is 32.2 Å². The van der Waals surface area contributed by atoms with Crippen molar-refractivity contribution < 1.29 is 9.53 Å². The Bertz CT molecular complexity index is 448. The van der Waals surface area contributed by atoms with Crippen LogP contribution in [-0.4, -0.2) is 29.7 Å². The zero-order valence-corrected chi connectivity index (χ0v) is 13.9. The van der Waals surface area contributed by atoms with E-state index < -0.39 is 5.72 Å². The van der Waals surface area contributed by atoms with Gasteiger partial charge in [0.15, 0.2) is 0 Å². The van der Waals surface area contributed by atoms with Gasteiger partial charge in [-0.2, -0.15) is 0 Å². The second-order valence-electron chi connectivity index (χ2n) is 6.73. The molecule has 0 N–H and O–H groups in total. The first-order valence-electron chi connectivity index (χ1n) is 8.17. The molecule has 118 valence electrons. The number of hydrogen-bond donors (Lipinski definition) is 0. The largest absolute Gasteiger partial charge is 0.354 e. The van der Waals surface area contributed by atoms with Gasteiger partial charge >= 0.3 is 0 Å². The standard InChI is InChI=1S/C18H29NO2/c1-14(2)6-5-7-16-8-10-17(11-9-16)18(4)19(15(3)20)12-13-21-18/h6,8,17H,5,7,9-13H2,1-4H3/t17-,18-/m1/s1. The Labute approximate surface area is 129 Å². The van der Waals surface area contributed by atoms with Crippen LogP contribution >= 0.6 is 0 Å². The molecule has 0 aromatic heterocycles. The van der Waals surface area contributed by atoms with Gasteiger partial charge in [-0.3, -0.25) is 4.79 Å². The number of carbonyl (C=O) groups is 1. The highest BCUT2D eigenvalue weighted by Gasteiger charge is 2.45. The molecule has 1 fully saturated rings. The molecular formula is C18H29NO2. The van der Waals surface area contributed by atoms with E-state index in [0.29, 0.717) is 12.5 Å². The molecule has 0 unspecified atom stereocenters. The molecule has 1 saturated heterocycles. The number of nitrogens with zero attached hydrogens (tertiary/aromatic N) is 1. The Morgan fingerprint density at radius 2 is 2.24 bits per heavy atom. The minimum atomic E-state index is -0.395. The van der Waals surface area contributed by atoms with Gasteiger partial charge in [-0.1, -0.05) is 23.3 Å². The molecular weight excluding hydrogens is 262 g/mol. The number of ether oxygens (including phenoxy) is 1. The molecule has 0 radical (unpaired) electrons. The number of rotatable bonds is 4. The van der Waals surface area contributed by atoms with E-state index in [4.69, 9.17) is 4.74 Å². The van der Waals surface area contributed by atoms with Crippen molar-refractivity contribution in [3.05, 3.63) is 23.3 Å². The third-order valence-electron chi connectivity index (χ3n) is 4.91. The SMILES string of the molecule is CC(=O)N1CCO[C@]1(C)[C@@H]1CC=C(CCC=C(C)C)CC1. The van der Waals surface area contributed by atoms with Gasteiger partial charge in [0.05, 0.1) is 6.61 Å². The Hall–Kier alpha value is -1.09. The molecule has 2 rings (SSSR count). The molecule has 0 bridgehead atoms. The average Bonchev–Trinajstić information content (AvgIpc) is 2.82. The smallest absolute Gasteiger partial charge is 0.221 e. The lowest BCUT2D eigenvalue weighted by Gasteiger charge is -2.41. The van der Waals surface area contributed by atoms with Crippen LogP contribution in [0.2, 0.25) is 0 Å². The zero-order chi connectivity index (χ0) is 15.5. The molecule has 0 saturated carbocycles. The molecule has 3 nitrogen and oxygen atoms in total. The topological polar surface area (TPSA) is 29.5 Å². The van der Waals surface area contributed by atoms with Crippen molar-refractivity contribution in [1.82, 2.24) is 4.90 Å². The van der Waals surface area contributed by atoms with E-state index in [1.807, 2.05) is 4.90 Å². The number of carbonyl (C=O) groups excluding carboxylic acids is 1. The van der Waals surface area contributed by atoms with Crippen molar-refractivity contribution in [3.8, 4) is 0 Å². The van der Waals surface area contributed by atoms with Gasteiger partial charge in [-0.25, -0.2) is 0 Å². The minimum Gasteiger partial charge on any atom is -0.354 e. The number of amides is 1. The van der Waals surface area contributed by atoms with Crippen molar-refractivity contribution in [2.75, 3.05) is 13.2 Å². The molecule has 1 aliphatic carbocycles. The molecule has 3 heteroatoms. The van der Waals surface area contributed by atoms with Gasteiger partial charge in [-0.05, 0) is 52.9 Å². The van der Waals surface area contributed by atoms with Crippen LogP contribution in [0.25, 0.3) is 0 Å². The van der Waals surface area contributed by atoms with Gasteiger partial charge in [0.25, 0.3) is 0 Å². The second kappa shape index (κ2) is 6.78. The average molecular weight is 291 g/mol. The van der Waals surface area contributed by atoms with Crippen molar-refractivity contribution >= 4 is 5.91 Å². The number of allylic oxidation sites excluding steroid dienone is 4. The van der Waals surface area contributed by atoms with E-state index in [-0.39, 0.29) is 5.91 Å². The van der Waals surface area contributed by atoms with Crippen molar-refractivity contribution in [2.24, 2.45) is 5.92 Å². The molecule has 1 aliphatic heterocycles. The van der Waals surface area contributed by atoms with Crippen LogP contribution in [0.4, 0.5) is 0 Å². The summed E-state index contributed by atoms with van der Waals surface area (Å²) < 4.78 is 5.97. The Morgan fingerprint density at radius 3 is 2.81 bits per heavy atom. The van der Waals surface area contributed by atoms with E-state index in [1.165, 1.54) is 12.0 Å². The Balaban J connectivity index is 1.95. The predicted octanol–water partition coefficient (Wildman–Crippen LogP) is 4.05. The molecule has 2 atom stereocenters. The first-order chi connectivity index (χ1) is 9.93. The summed E-state index contributed by atoms with van der Waals surface area (Å²) in [6.45, 7) is 9.45. The summed E-state index contributed by atoms with van der Waals surface area (Å²) in [7, 11) is 0. The molecule has 2 aliphatic rings. The highest BCUT2D eigenvalue weighted by molar-refractivity contribution is 5.74. The van der Waals surface area contributed by atoms with Crippen LogP contribution in [0.3, 0.4) is 0 Å². The van der Waals surface area contributed by atoms with Crippen LogP contribution in [0.1, 0.15) is 59.8 Å². The summed E-state index contributed by atoms with van der Waals surface area (Å²) in [6, 6.07) is 0. The lowest BCUT2D eigenvalue weighted by molar-refractivity contribution is -0.154. The number of hydrogen-bond acceptors (Lipinski definition) is 2. The molecule has 0 aromatic rings. The van der Waals surface area contributed by atoms with E-state index in [2.05, 4.69) is 32.9 Å². The first kappa shape index (κ1) is 16.3. The Kier molecular flexibility index (Phi) is 5.26. The van der Waals surface area contributed by atoms with Crippen molar-refractivity contribution in [2.45, 2.75) is 65.5 Å². The third-order valence-corrected chi connectivity index (χ3v) is 4.91. The highest BCUT2D eigenvalue weighted by Crippen LogP contribution is 2.40. The normalized spacial score (nSPS) is 29.2. The van der Waals surface area contributed by atoms with Crippen molar-refractivity contribution in [3.63, 3.8) is 0 Å². The summed E-state index contributed by atoms with van der Waals surface area (Å²) in [5.74, 6) is 0.560. The summed E-state index contributed by atoms with van der Waals surface area (Å²) in [5, 5.41) is 0. The van der Waals surface area contributed by atoms with Gasteiger partial charge in [0.1, 0.15) is 5.72 Å². The molecule has 1 heterocycles. The maximum atomic E-state index is 11.8. The fourth-order valence-corrected chi connectivity index (χ4v) is 3.60. The monoisotopic (exact) mass is 291 g/mol. The first-order valence-corrected chi connectivity index (χ1v) is 8.17.